The third-order valence-electron chi connectivity index (χ3n) is 2.47. The number of hydrogen-bond donors (Lipinski definition) is 2. The zero-order valence-corrected chi connectivity index (χ0v) is 11.2. The standard InChI is InChI=1S/C12H13N3O.C2H6/c1-7-5-8-3-4-9(15-14-2)12(13)11(8)10(16)6-7;1-2/h3-6,16H,13H2,1-2H3;1-2H3. The molecule has 2 aromatic carbocycles. The van der Waals surface area contributed by atoms with Gasteiger partial charge in [-0.1, -0.05) is 26.0 Å². The minimum atomic E-state index is 0.181. The lowest BCUT2D eigenvalue weighted by Gasteiger charge is -2.07. The van der Waals surface area contributed by atoms with Crippen LogP contribution in [-0.2, 0) is 0 Å². The number of aromatic hydroxyl groups is 1. The maximum Gasteiger partial charge on any atom is 0.125 e. The first-order valence-electron chi connectivity index (χ1n) is 5.95. The van der Waals surface area contributed by atoms with Crippen LogP contribution in [0.4, 0.5) is 11.4 Å². The molecule has 18 heavy (non-hydrogen) atoms. The first-order valence-corrected chi connectivity index (χ1v) is 5.95. The molecule has 2 aromatic rings. The Morgan fingerprint density at radius 3 is 2.44 bits per heavy atom. The second kappa shape index (κ2) is 6.00. The van der Waals surface area contributed by atoms with E-state index in [-0.39, 0.29) is 5.75 Å². The molecule has 0 aliphatic heterocycles. The summed E-state index contributed by atoms with van der Waals surface area (Å²) in [5.74, 6) is 0.181. The lowest BCUT2D eigenvalue weighted by atomic mass is 10.0. The van der Waals surface area contributed by atoms with Crippen molar-refractivity contribution in [2.45, 2.75) is 20.8 Å². The van der Waals surface area contributed by atoms with E-state index in [1.807, 2.05) is 32.9 Å². The van der Waals surface area contributed by atoms with Crippen molar-refractivity contribution in [3.8, 4) is 5.75 Å². The van der Waals surface area contributed by atoms with E-state index in [0.717, 1.165) is 10.9 Å². The number of nitrogen functional groups attached to an aromatic ring is 1. The van der Waals surface area contributed by atoms with E-state index in [4.69, 9.17) is 5.73 Å². The fraction of sp³-hybridized carbons (Fsp3) is 0.286. The number of hydrogen-bond acceptors (Lipinski definition) is 4. The SMILES string of the molecule is CC.CN=Nc1ccc2cc(C)cc(O)c2c1N. The first-order chi connectivity index (χ1) is 8.63. The Kier molecular flexibility index (Phi) is 4.66. The average molecular weight is 245 g/mol. The Balaban J connectivity index is 0.000000771. The Morgan fingerprint density at radius 1 is 1.17 bits per heavy atom. The van der Waals surface area contributed by atoms with Gasteiger partial charge in [0.15, 0.2) is 0 Å². The summed E-state index contributed by atoms with van der Waals surface area (Å²) in [6.07, 6.45) is 0. The Morgan fingerprint density at radius 2 is 1.83 bits per heavy atom. The zero-order chi connectivity index (χ0) is 13.7. The number of phenols is 1. The highest BCUT2D eigenvalue weighted by molar-refractivity contribution is 6.02. The van der Waals surface area contributed by atoms with E-state index in [9.17, 15) is 5.11 Å². The molecule has 0 bridgehead atoms. The van der Waals surface area contributed by atoms with Crippen LogP contribution in [0.2, 0.25) is 0 Å². The molecule has 0 aliphatic rings. The van der Waals surface area contributed by atoms with Gasteiger partial charge < -0.3 is 10.8 Å². The summed E-state index contributed by atoms with van der Waals surface area (Å²) in [5.41, 5.74) is 7.97. The first kappa shape index (κ1) is 14.0. The van der Waals surface area contributed by atoms with E-state index in [1.54, 1.807) is 19.2 Å². The maximum absolute atomic E-state index is 9.87. The third kappa shape index (κ3) is 2.59. The number of benzene rings is 2. The molecule has 4 heteroatoms. The minimum Gasteiger partial charge on any atom is -0.507 e. The van der Waals surface area contributed by atoms with Gasteiger partial charge in [0.25, 0.3) is 0 Å². The number of nitrogens with two attached hydrogens (primary N) is 1. The van der Waals surface area contributed by atoms with E-state index in [1.165, 1.54) is 0 Å². The van der Waals surface area contributed by atoms with Crippen molar-refractivity contribution in [2.75, 3.05) is 12.8 Å². The van der Waals surface area contributed by atoms with Crippen LogP contribution >= 0.6 is 0 Å². The predicted molar refractivity (Wildman–Crippen MR) is 76.6 cm³/mol. The second-order valence-corrected chi connectivity index (χ2v) is 3.68. The fourth-order valence-electron chi connectivity index (χ4n) is 1.80. The molecular formula is C14H19N3O. The molecule has 2 rings (SSSR count). The summed E-state index contributed by atoms with van der Waals surface area (Å²) < 4.78 is 0. The monoisotopic (exact) mass is 245 g/mol. The average Bonchev–Trinajstić information content (AvgIpc) is 2.34. The van der Waals surface area contributed by atoms with Crippen LogP contribution in [0.25, 0.3) is 10.8 Å². The fourth-order valence-corrected chi connectivity index (χ4v) is 1.80. The van der Waals surface area contributed by atoms with Gasteiger partial charge in [0.2, 0.25) is 0 Å². The smallest absolute Gasteiger partial charge is 0.125 e. The summed E-state index contributed by atoms with van der Waals surface area (Å²) in [6, 6.07) is 7.33. The number of fused-ring (bicyclic) bond motifs is 1. The van der Waals surface area contributed by atoms with Gasteiger partial charge in [0.05, 0.1) is 5.69 Å². The van der Waals surface area contributed by atoms with Crippen molar-refractivity contribution in [1.29, 1.82) is 0 Å². The maximum atomic E-state index is 9.87. The highest BCUT2D eigenvalue weighted by Gasteiger charge is 2.08. The highest BCUT2D eigenvalue weighted by atomic mass is 16.3. The summed E-state index contributed by atoms with van der Waals surface area (Å²) in [5, 5.41) is 19.0. The summed E-state index contributed by atoms with van der Waals surface area (Å²) in [6.45, 7) is 5.93. The topological polar surface area (TPSA) is 71.0 Å². The van der Waals surface area contributed by atoms with Crippen molar-refractivity contribution in [3.05, 3.63) is 29.8 Å². The number of nitrogens with zero attached hydrogens (tertiary/aromatic N) is 2. The van der Waals surface area contributed by atoms with Gasteiger partial charge in [-0.25, -0.2) is 0 Å². The van der Waals surface area contributed by atoms with Gasteiger partial charge in [-0.05, 0) is 30.0 Å². The molecule has 0 saturated heterocycles. The molecular weight excluding hydrogens is 226 g/mol. The van der Waals surface area contributed by atoms with E-state index in [2.05, 4.69) is 10.2 Å². The van der Waals surface area contributed by atoms with Gasteiger partial charge >= 0.3 is 0 Å². The quantitative estimate of drug-likeness (QED) is 0.584. The molecule has 0 aliphatic carbocycles. The normalized spacial score (nSPS) is 10.4. The molecule has 0 heterocycles. The number of anilines is 1. The molecule has 0 unspecified atom stereocenters. The number of phenolic OH excluding ortho intramolecular Hbond substituents is 1. The van der Waals surface area contributed by atoms with E-state index >= 15 is 0 Å². The van der Waals surface area contributed by atoms with Crippen LogP contribution in [0.15, 0.2) is 34.5 Å². The van der Waals surface area contributed by atoms with Crippen LogP contribution in [0.3, 0.4) is 0 Å². The molecule has 0 amide bonds. The lowest BCUT2D eigenvalue weighted by molar-refractivity contribution is 0.481. The van der Waals surface area contributed by atoms with Crippen molar-refractivity contribution in [2.24, 2.45) is 10.2 Å². The van der Waals surface area contributed by atoms with Gasteiger partial charge in [0, 0.05) is 12.4 Å². The number of rotatable bonds is 1. The lowest BCUT2D eigenvalue weighted by Crippen LogP contribution is -1.89. The Bertz CT molecular complexity index is 577. The number of aryl methyl sites for hydroxylation is 1. The number of azo groups is 1. The van der Waals surface area contributed by atoms with Crippen LogP contribution in [0.5, 0.6) is 5.75 Å². The van der Waals surface area contributed by atoms with Crippen molar-refractivity contribution >= 4 is 22.1 Å². The molecule has 0 spiro atoms. The molecule has 0 atom stereocenters. The molecule has 0 radical (unpaired) electrons. The third-order valence-corrected chi connectivity index (χ3v) is 2.47. The molecule has 4 nitrogen and oxygen atoms in total. The van der Waals surface area contributed by atoms with Gasteiger partial charge in [-0.15, -0.1) is 0 Å². The van der Waals surface area contributed by atoms with Crippen molar-refractivity contribution in [3.63, 3.8) is 0 Å². The summed E-state index contributed by atoms with van der Waals surface area (Å²) >= 11 is 0. The van der Waals surface area contributed by atoms with Crippen LogP contribution in [-0.4, -0.2) is 12.2 Å². The highest BCUT2D eigenvalue weighted by Crippen LogP contribution is 2.37. The van der Waals surface area contributed by atoms with E-state index in [0.29, 0.717) is 16.8 Å². The van der Waals surface area contributed by atoms with Gasteiger partial charge in [-0.3, -0.25) is 0 Å². The summed E-state index contributed by atoms with van der Waals surface area (Å²) in [7, 11) is 1.58. The zero-order valence-electron chi connectivity index (χ0n) is 11.2. The Hall–Kier alpha value is -2.10. The largest absolute Gasteiger partial charge is 0.507 e. The van der Waals surface area contributed by atoms with Gasteiger partial charge in [0.1, 0.15) is 11.4 Å². The van der Waals surface area contributed by atoms with E-state index < -0.39 is 0 Å². The molecule has 3 N–H and O–H groups in total. The van der Waals surface area contributed by atoms with Crippen LogP contribution < -0.4 is 5.73 Å². The van der Waals surface area contributed by atoms with Crippen molar-refractivity contribution < 1.29 is 5.11 Å². The second-order valence-electron chi connectivity index (χ2n) is 3.68. The van der Waals surface area contributed by atoms with Crippen LogP contribution in [0.1, 0.15) is 19.4 Å². The molecule has 0 aromatic heterocycles. The van der Waals surface area contributed by atoms with Gasteiger partial charge in [-0.2, -0.15) is 10.2 Å². The molecule has 0 fully saturated rings. The molecule has 0 saturated carbocycles. The van der Waals surface area contributed by atoms with Crippen molar-refractivity contribution in [1.82, 2.24) is 0 Å². The predicted octanol–water partition coefficient (Wildman–Crippen LogP) is 4.18. The molecule has 96 valence electrons. The minimum absolute atomic E-state index is 0.181. The summed E-state index contributed by atoms with van der Waals surface area (Å²) in [4.78, 5) is 0. The Labute approximate surface area is 107 Å². The van der Waals surface area contributed by atoms with Crippen LogP contribution in [0, 0.1) is 6.92 Å².